The van der Waals surface area contributed by atoms with E-state index in [0.717, 1.165) is 37.1 Å². The summed E-state index contributed by atoms with van der Waals surface area (Å²) < 4.78 is 0. The normalized spacial score (nSPS) is 39.5. The molecule has 0 aromatic carbocycles. The average Bonchev–Trinajstić information content (AvgIpc) is 2.71. The Kier molecular flexibility index (Phi) is 5.72. The lowest BCUT2D eigenvalue weighted by atomic mass is 9.53. The van der Waals surface area contributed by atoms with Crippen LogP contribution in [0.25, 0.3) is 0 Å². The van der Waals surface area contributed by atoms with E-state index < -0.39 is 0 Å². The minimum Gasteiger partial charge on any atom is -0.351 e. The Bertz CT molecular complexity index is 628. The van der Waals surface area contributed by atoms with E-state index in [1.807, 2.05) is 4.90 Å². The second kappa shape index (κ2) is 8.33. The number of hydrogen-bond donors (Lipinski definition) is 2. The topological polar surface area (TPSA) is 78.7 Å². The summed E-state index contributed by atoms with van der Waals surface area (Å²) in [5, 5.41) is 4.80. The highest BCUT2D eigenvalue weighted by Crippen LogP contribution is 2.55. The summed E-state index contributed by atoms with van der Waals surface area (Å²) >= 11 is 0. The molecule has 0 aromatic heterocycles. The molecule has 1 aliphatic heterocycles. The molecule has 6 fully saturated rings. The van der Waals surface area contributed by atoms with Crippen LogP contribution in [-0.2, 0) is 4.79 Å². The summed E-state index contributed by atoms with van der Waals surface area (Å²) in [6.07, 6.45) is 16.1. The van der Waals surface area contributed by atoms with Gasteiger partial charge in [0.15, 0.2) is 0 Å². The van der Waals surface area contributed by atoms with E-state index in [-0.39, 0.29) is 17.5 Å². The van der Waals surface area contributed by atoms with E-state index in [9.17, 15) is 9.59 Å². The summed E-state index contributed by atoms with van der Waals surface area (Å²) in [6.45, 7) is 1.29. The molecule has 3 N–H and O–H groups in total. The molecule has 5 aliphatic carbocycles. The number of amides is 3. The first-order valence-corrected chi connectivity index (χ1v) is 12.7. The van der Waals surface area contributed by atoms with Crippen molar-refractivity contribution in [1.82, 2.24) is 15.2 Å². The van der Waals surface area contributed by atoms with Crippen LogP contribution in [0.1, 0.15) is 89.9 Å². The third-order valence-corrected chi connectivity index (χ3v) is 8.98. The van der Waals surface area contributed by atoms with Crippen molar-refractivity contribution < 1.29 is 9.59 Å². The highest BCUT2D eigenvalue weighted by molar-refractivity contribution is 5.77. The second-order valence-electron chi connectivity index (χ2n) is 11.3. The van der Waals surface area contributed by atoms with Crippen LogP contribution in [0, 0.1) is 23.7 Å². The van der Waals surface area contributed by atoms with Gasteiger partial charge in [0.25, 0.3) is 0 Å². The smallest absolute Gasteiger partial charge is 0.334 e. The molecule has 168 valence electrons. The Morgan fingerprint density at radius 1 is 0.967 bits per heavy atom. The Morgan fingerprint density at radius 2 is 1.60 bits per heavy atom. The maximum absolute atomic E-state index is 13.0. The van der Waals surface area contributed by atoms with Gasteiger partial charge in [-0.2, -0.15) is 0 Å². The molecular weight excluding hydrogens is 376 g/mol. The number of urea groups is 1. The number of fused-ring (bicyclic) bond motifs is 1. The van der Waals surface area contributed by atoms with Gasteiger partial charge in [-0.1, -0.05) is 12.8 Å². The first-order valence-electron chi connectivity index (χ1n) is 12.7. The molecule has 1 saturated heterocycles. The van der Waals surface area contributed by atoms with Crippen molar-refractivity contribution in [2.24, 2.45) is 29.5 Å². The molecule has 6 heteroatoms. The van der Waals surface area contributed by atoms with Crippen molar-refractivity contribution in [2.75, 3.05) is 13.1 Å². The predicted octanol–water partition coefficient (Wildman–Crippen LogP) is 3.80. The number of piperidine rings is 1. The number of nitrogens with one attached hydrogen (secondary N) is 1. The Morgan fingerprint density at radius 3 is 2.30 bits per heavy atom. The van der Waals surface area contributed by atoms with Gasteiger partial charge in [-0.25, -0.2) is 10.6 Å². The van der Waals surface area contributed by atoms with Crippen molar-refractivity contribution >= 4 is 11.9 Å². The van der Waals surface area contributed by atoms with Crippen LogP contribution in [0.3, 0.4) is 0 Å². The molecule has 0 radical (unpaired) electrons. The van der Waals surface area contributed by atoms with Gasteiger partial charge >= 0.3 is 6.03 Å². The quantitative estimate of drug-likeness (QED) is 0.406. The van der Waals surface area contributed by atoms with Crippen LogP contribution < -0.4 is 11.2 Å². The van der Waals surface area contributed by atoms with Gasteiger partial charge in [0.05, 0.1) is 0 Å². The van der Waals surface area contributed by atoms with E-state index in [4.69, 9.17) is 5.84 Å². The highest BCUT2D eigenvalue weighted by atomic mass is 16.2. The van der Waals surface area contributed by atoms with Crippen LogP contribution >= 0.6 is 0 Å². The van der Waals surface area contributed by atoms with E-state index in [2.05, 4.69) is 5.32 Å². The van der Waals surface area contributed by atoms with Crippen LogP contribution in [0.4, 0.5) is 4.79 Å². The van der Waals surface area contributed by atoms with Gasteiger partial charge in [-0.15, -0.1) is 0 Å². The molecule has 2 atom stereocenters. The molecule has 30 heavy (non-hydrogen) atoms. The zero-order chi connectivity index (χ0) is 20.7. The monoisotopic (exact) mass is 416 g/mol. The largest absolute Gasteiger partial charge is 0.351 e. The summed E-state index contributed by atoms with van der Waals surface area (Å²) in [7, 11) is 0. The maximum atomic E-state index is 13.0. The van der Waals surface area contributed by atoms with Crippen LogP contribution in [0.2, 0.25) is 0 Å². The Balaban J connectivity index is 1.08. The summed E-state index contributed by atoms with van der Waals surface area (Å²) in [4.78, 5) is 27.7. The van der Waals surface area contributed by atoms with E-state index in [1.165, 1.54) is 69.2 Å². The summed E-state index contributed by atoms with van der Waals surface area (Å²) in [5.74, 6) is 9.48. The molecule has 0 aromatic rings. The number of carbonyl (C=O) groups excluding carboxylic acids is 2. The third-order valence-electron chi connectivity index (χ3n) is 8.98. The predicted molar refractivity (Wildman–Crippen MR) is 116 cm³/mol. The van der Waals surface area contributed by atoms with Gasteiger partial charge in [-0.3, -0.25) is 9.80 Å². The number of hydrazine groups is 1. The lowest BCUT2D eigenvalue weighted by molar-refractivity contribution is -0.127. The van der Waals surface area contributed by atoms with Crippen molar-refractivity contribution in [3.05, 3.63) is 0 Å². The van der Waals surface area contributed by atoms with Crippen molar-refractivity contribution in [2.45, 2.75) is 101 Å². The molecule has 6 nitrogen and oxygen atoms in total. The van der Waals surface area contributed by atoms with Crippen molar-refractivity contribution in [3.63, 3.8) is 0 Å². The minimum absolute atomic E-state index is 0.0342. The summed E-state index contributed by atoms with van der Waals surface area (Å²) in [5.41, 5.74) is 0.0772. The van der Waals surface area contributed by atoms with Crippen molar-refractivity contribution in [1.29, 1.82) is 0 Å². The fraction of sp³-hybridized carbons (Fsp3) is 0.917. The Hall–Kier alpha value is -1.30. The molecule has 1 heterocycles. The molecule has 4 bridgehead atoms. The molecular formula is C24H40N4O2. The lowest BCUT2D eigenvalue weighted by Gasteiger charge is -2.56. The zero-order valence-electron chi connectivity index (χ0n) is 18.5. The number of nitrogens with two attached hydrogens (primary N) is 1. The number of nitrogens with zero attached hydrogens (tertiary/aromatic N) is 2. The van der Waals surface area contributed by atoms with Crippen LogP contribution in [-0.4, -0.2) is 46.5 Å². The average molecular weight is 417 g/mol. The number of carbonyl (C=O) groups is 2. The first kappa shape index (κ1) is 20.6. The lowest BCUT2D eigenvalue weighted by Crippen LogP contribution is -2.59. The zero-order valence-corrected chi connectivity index (χ0v) is 18.5. The SMILES string of the molecule is NN(CCCC(=O)NC12CC3CC(CC(C3)C1)C2)C(=O)N1CCCC2CCCCC21. The fourth-order valence-corrected chi connectivity index (χ4v) is 8.15. The third kappa shape index (κ3) is 4.09. The first-order chi connectivity index (χ1) is 14.5. The molecule has 3 amide bonds. The van der Waals surface area contributed by atoms with Gasteiger partial charge in [-0.05, 0) is 94.3 Å². The highest BCUT2D eigenvalue weighted by Gasteiger charge is 2.51. The maximum Gasteiger partial charge on any atom is 0.334 e. The minimum atomic E-state index is -0.0342. The van der Waals surface area contributed by atoms with E-state index in [0.29, 0.717) is 31.3 Å². The fourth-order valence-electron chi connectivity index (χ4n) is 8.15. The van der Waals surface area contributed by atoms with Crippen LogP contribution in [0.5, 0.6) is 0 Å². The summed E-state index contributed by atoms with van der Waals surface area (Å²) in [6, 6.07) is 0.346. The van der Waals surface area contributed by atoms with Gasteiger partial charge in [0.1, 0.15) is 0 Å². The molecule has 6 rings (SSSR count). The number of rotatable bonds is 5. The standard InChI is InChI=1S/C24H40N4O2/c25-28(23(30)27-9-3-6-20-5-1-2-7-21(20)27)10-4-8-22(29)26-24-14-17-11-18(15-24)13-19(12-17)16-24/h17-21H,1-16,25H2,(H,26,29). The van der Waals surface area contributed by atoms with Gasteiger partial charge < -0.3 is 10.2 Å². The molecule has 2 unspecified atom stereocenters. The second-order valence-corrected chi connectivity index (χ2v) is 11.3. The van der Waals surface area contributed by atoms with Gasteiger partial charge in [0, 0.05) is 31.1 Å². The van der Waals surface area contributed by atoms with Gasteiger partial charge in [0.2, 0.25) is 5.91 Å². The van der Waals surface area contributed by atoms with E-state index >= 15 is 0 Å². The number of likely N-dealkylation sites (tertiary alicyclic amines) is 1. The molecule has 0 spiro atoms. The number of hydrogen-bond acceptors (Lipinski definition) is 3. The van der Waals surface area contributed by atoms with Crippen molar-refractivity contribution in [3.8, 4) is 0 Å². The molecule has 6 aliphatic rings. The van der Waals surface area contributed by atoms with E-state index in [1.54, 1.807) is 0 Å². The Labute approximate surface area is 181 Å². The molecule has 5 saturated carbocycles. The van der Waals surface area contributed by atoms with Crippen LogP contribution in [0.15, 0.2) is 0 Å².